The van der Waals surface area contributed by atoms with Crippen LogP contribution in [0.25, 0.3) is 0 Å². The van der Waals surface area contributed by atoms with Crippen LogP contribution >= 0.6 is 0 Å². The Morgan fingerprint density at radius 3 is 2.87 bits per heavy atom. The highest BCUT2D eigenvalue weighted by Gasteiger charge is 2.15. The molecule has 1 aromatic rings. The maximum atomic E-state index is 8.67. The summed E-state index contributed by atoms with van der Waals surface area (Å²) in [5.74, 6) is 0. The predicted octanol–water partition coefficient (Wildman–Crippen LogP) is 2.14. The second-order valence-electron chi connectivity index (χ2n) is 4.02. The van der Waals surface area contributed by atoms with Crippen LogP contribution in [0.15, 0.2) is 23.5 Å². The first-order chi connectivity index (χ1) is 7.01. The third-order valence-corrected chi connectivity index (χ3v) is 2.07. The van der Waals surface area contributed by atoms with Gasteiger partial charge < -0.3 is 4.53 Å². The molecule has 0 aliphatic carbocycles. The van der Waals surface area contributed by atoms with Gasteiger partial charge in [0.1, 0.15) is 0 Å². The maximum absolute atomic E-state index is 8.67. The molecule has 0 N–H and O–H groups in total. The van der Waals surface area contributed by atoms with Gasteiger partial charge in [-0.05, 0) is 31.8 Å². The zero-order valence-corrected chi connectivity index (χ0v) is 10.1. The molecule has 0 unspecified atom stereocenters. The molecule has 1 heterocycles. The predicted molar refractivity (Wildman–Crippen MR) is 61.0 cm³/mol. The van der Waals surface area contributed by atoms with Gasteiger partial charge >= 0.3 is 0 Å². The highest BCUT2D eigenvalue weighted by atomic mass is 28.4. The fourth-order valence-electron chi connectivity index (χ4n) is 0.827. The highest BCUT2D eigenvalue weighted by molar-refractivity contribution is 6.69. The Hall–Kier alpha value is -1.67. The molecule has 0 atom stereocenters. The second-order valence-corrected chi connectivity index (χ2v) is 8.43. The molecule has 0 spiro atoms. The van der Waals surface area contributed by atoms with Crippen LogP contribution in [0.3, 0.4) is 0 Å². The van der Waals surface area contributed by atoms with Gasteiger partial charge in [0.05, 0.1) is 23.5 Å². The minimum atomic E-state index is -1.62. The van der Waals surface area contributed by atoms with E-state index in [2.05, 4.69) is 10.1 Å². The smallest absolute Gasteiger partial charge is 0.278 e. The van der Waals surface area contributed by atoms with Crippen LogP contribution in [0.4, 0.5) is 0 Å². The number of aromatic nitrogens is 1. The molecule has 1 rings (SSSR count). The van der Waals surface area contributed by atoms with E-state index in [0.29, 0.717) is 11.3 Å². The first-order valence-corrected chi connectivity index (χ1v) is 8.00. The second kappa shape index (κ2) is 4.71. The van der Waals surface area contributed by atoms with E-state index in [0.717, 1.165) is 0 Å². The van der Waals surface area contributed by atoms with E-state index in [4.69, 9.17) is 9.79 Å². The van der Waals surface area contributed by atoms with E-state index in [1.54, 1.807) is 18.3 Å². The van der Waals surface area contributed by atoms with Crippen LogP contribution in [-0.2, 0) is 4.53 Å². The van der Waals surface area contributed by atoms with Gasteiger partial charge in [0.25, 0.3) is 8.32 Å². The summed E-state index contributed by atoms with van der Waals surface area (Å²) in [6.07, 6.45) is 3.10. The van der Waals surface area contributed by atoms with Gasteiger partial charge in [-0.2, -0.15) is 5.26 Å². The van der Waals surface area contributed by atoms with Gasteiger partial charge in [-0.1, -0.05) is 0 Å². The quantitative estimate of drug-likeness (QED) is 0.444. The van der Waals surface area contributed by atoms with Gasteiger partial charge in [-0.25, -0.2) is 0 Å². The largest absolute Gasteiger partial charge is 0.456 e. The van der Waals surface area contributed by atoms with Crippen molar-refractivity contribution in [3.63, 3.8) is 0 Å². The first kappa shape index (κ1) is 11.4. The Morgan fingerprint density at radius 2 is 2.27 bits per heavy atom. The number of hydrogen-bond donors (Lipinski definition) is 0. The van der Waals surface area contributed by atoms with E-state index in [-0.39, 0.29) is 0 Å². The Labute approximate surface area is 90.3 Å². The van der Waals surface area contributed by atoms with Crippen molar-refractivity contribution < 1.29 is 4.53 Å². The summed E-state index contributed by atoms with van der Waals surface area (Å²) >= 11 is 0. The molecule has 0 amide bonds. The van der Waals surface area contributed by atoms with Crippen LogP contribution < -0.4 is 0 Å². The van der Waals surface area contributed by atoms with Crippen LogP contribution in [0.5, 0.6) is 0 Å². The fraction of sp³-hybridized carbons (Fsp3) is 0.300. The number of nitriles is 1. The van der Waals surface area contributed by atoms with Crippen LogP contribution in [0.2, 0.25) is 19.6 Å². The molecular formula is C10H13N3OSi. The summed E-state index contributed by atoms with van der Waals surface area (Å²) in [5, 5.41) is 12.5. The molecule has 0 radical (unpaired) electrons. The molecule has 0 aliphatic heterocycles. The average Bonchev–Trinajstić information content (AvgIpc) is 2.16. The lowest BCUT2D eigenvalue weighted by Gasteiger charge is -2.11. The molecule has 0 bridgehead atoms. The summed E-state index contributed by atoms with van der Waals surface area (Å²) in [5.41, 5.74) is 1.20. The Morgan fingerprint density at radius 1 is 1.53 bits per heavy atom. The fourth-order valence-corrected chi connectivity index (χ4v) is 1.20. The topological polar surface area (TPSA) is 58.3 Å². The van der Waals surface area contributed by atoms with E-state index in [1.807, 2.05) is 25.7 Å². The molecule has 0 aromatic carbocycles. The van der Waals surface area contributed by atoms with Crippen LogP contribution in [0, 0.1) is 11.3 Å². The summed E-state index contributed by atoms with van der Waals surface area (Å²) in [6, 6.07) is 5.35. The lowest BCUT2D eigenvalue weighted by Crippen LogP contribution is -2.22. The van der Waals surface area contributed by atoms with Crippen molar-refractivity contribution in [2.45, 2.75) is 19.6 Å². The molecule has 1 aromatic heterocycles. The van der Waals surface area contributed by atoms with Crippen molar-refractivity contribution in [3.05, 3.63) is 29.6 Å². The van der Waals surface area contributed by atoms with Gasteiger partial charge in [0, 0.05) is 6.20 Å². The lowest BCUT2D eigenvalue weighted by molar-refractivity contribution is 0.338. The van der Waals surface area contributed by atoms with Crippen molar-refractivity contribution in [2.75, 3.05) is 0 Å². The van der Waals surface area contributed by atoms with E-state index >= 15 is 0 Å². The highest BCUT2D eigenvalue weighted by Crippen LogP contribution is 2.03. The number of oxime groups is 1. The van der Waals surface area contributed by atoms with Crippen molar-refractivity contribution >= 4 is 14.5 Å². The Kier molecular flexibility index (Phi) is 3.58. The van der Waals surface area contributed by atoms with Crippen molar-refractivity contribution in [1.82, 2.24) is 4.98 Å². The Bertz CT molecular complexity index is 404. The molecule has 15 heavy (non-hydrogen) atoms. The molecule has 0 saturated heterocycles. The van der Waals surface area contributed by atoms with Crippen molar-refractivity contribution in [3.8, 4) is 6.07 Å². The molecular weight excluding hydrogens is 206 g/mol. The van der Waals surface area contributed by atoms with Crippen LogP contribution in [0.1, 0.15) is 11.3 Å². The van der Waals surface area contributed by atoms with Gasteiger partial charge in [0.15, 0.2) is 0 Å². The first-order valence-electron chi connectivity index (χ1n) is 4.59. The summed E-state index contributed by atoms with van der Waals surface area (Å²) in [7, 11) is -1.62. The molecule has 78 valence electrons. The lowest BCUT2D eigenvalue weighted by atomic mass is 10.2. The summed E-state index contributed by atoms with van der Waals surface area (Å²) in [6.45, 7) is 6.14. The number of rotatable bonds is 3. The molecule has 0 fully saturated rings. The monoisotopic (exact) mass is 219 g/mol. The van der Waals surface area contributed by atoms with Gasteiger partial charge in [-0.15, -0.1) is 5.16 Å². The zero-order valence-electron chi connectivity index (χ0n) is 9.06. The van der Waals surface area contributed by atoms with E-state index < -0.39 is 8.32 Å². The maximum Gasteiger partial charge on any atom is 0.278 e. The van der Waals surface area contributed by atoms with Gasteiger partial charge in [-0.3, -0.25) is 4.98 Å². The molecule has 0 saturated carbocycles. The van der Waals surface area contributed by atoms with Crippen molar-refractivity contribution in [2.24, 2.45) is 5.16 Å². The Balaban J connectivity index is 2.69. The number of hydrogen-bond acceptors (Lipinski definition) is 4. The minimum absolute atomic E-state index is 0.569. The zero-order chi connectivity index (χ0) is 11.3. The molecule has 5 heteroatoms. The average molecular weight is 219 g/mol. The van der Waals surface area contributed by atoms with Crippen molar-refractivity contribution in [1.29, 1.82) is 5.26 Å². The normalized spacial score (nSPS) is 11.3. The third kappa shape index (κ3) is 4.38. The van der Waals surface area contributed by atoms with E-state index in [9.17, 15) is 0 Å². The SMILES string of the molecule is C[Si](C)(C)O/N=C/c1cc(C#N)ccn1. The van der Waals surface area contributed by atoms with Crippen LogP contribution in [-0.4, -0.2) is 19.5 Å². The third-order valence-electron chi connectivity index (χ3n) is 1.42. The number of pyridine rings is 1. The summed E-state index contributed by atoms with van der Waals surface area (Å²) < 4.78 is 5.29. The number of nitrogens with zero attached hydrogens (tertiary/aromatic N) is 3. The minimum Gasteiger partial charge on any atom is -0.456 e. The molecule has 0 aliphatic rings. The van der Waals surface area contributed by atoms with Gasteiger partial charge in [0.2, 0.25) is 0 Å². The van der Waals surface area contributed by atoms with E-state index in [1.165, 1.54) is 6.21 Å². The standard InChI is InChI=1S/C10H13N3OSi/c1-15(2,3)14-13-8-10-6-9(7-11)4-5-12-10/h4-6,8H,1-3H3/b13-8+. The summed E-state index contributed by atoms with van der Waals surface area (Å²) in [4.78, 5) is 4.04. The molecule has 4 nitrogen and oxygen atoms in total.